The van der Waals surface area contributed by atoms with Gasteiger partial charge < -0.3 is 5.32 Å². The molecule has 1 heterocycles. The molecule has 0 bridgehead atoms. The molecule has 1 saturated carbocycles. The fourth-order valence-electron chi connectivity index (χ4n) is 2.16. The molecule has 1 aliphatic rings. The van der Waals surface area contributed by atoms with Gasteiger partial charge in [0, 0.05) is 26.1 Å². The lowest BCUT2D eigenvalue weighted by molar-refractivity contribution is 0.614. The minimum absolute atomic E-state index is 0.507. The van der Waals surface area contributed by atoms with E-state index in [4.69, 9.17) is 5.84 Å². The van der Waals surface area contributed by atoms with Crippen molar-refractivity contribution in [1.29, 1.82) is 0 Å². The van der Waals surface area contributed by atoms with Crippen molar-refractivity contribution in [1.82, 2.24) is 25.5 Å². The molecule has 0 aliphatic heterocycles. The Balaban J connectivity index is 1.78. The number of hydrogen-bond acceptors (Lipinski definition) is 4. The summed E-state index contributed by atoms with van der Waals surface area (Å²) in [6.07, 6.45) is 7.38. The third kappa shape index (κ3) is 3.69. The molecular weight excluding hydrogens is 230 g/mol. The van der Waals surface area contributed by atoms with Gasteiger partial charge in [-0.05, 0) is 12.8 Å². The van der Waals surface area contributed by atoms with Crippen molar-refractivity contribution in [3.05, 3.63) is 12.2 Å². The van der Waals surface area contributed by atoms with Crippen LogP contribution in [0, 0.1) is 0 Å². The topological polar surface area (TPSA) is 93.2 Å². The molecule has 1 fully saturated rings. The first-order valence-corrected chi connectivity index (χ1v) is 6.40. The maximum atomic E-state index is 5.46. The lowest BCUT2D eigenvalue weighted by atomic mass is 10.2. The highest BCUT2D eigenvalue weighted by atomic mass is 15.3. The monoisotopic (exact) mass is 251 g/mol. The van der Waals surface area contributed by atoms with Crippen molar-refractivity contribution in [3.8, 4) is 0 Å². The second-order valence-corrected chi connectivity index (χ2v) is 4.58. The quantitative estimate of drug-likeness (QED) is 0.296. The van der Waals surface area contributed by atoms with Crippen LogP contribution in [-0.4, -0.2) is 33.3 Å². The van der Waals surface area contributed by atoms with Gasteiger partial charge in [0.15, 0.2) is 5.82 Å². The standard InChI is InChI=1S/C11H21N7/c1-18-8-14-10(17-18)6-7-13-11(16-12)15-9-4-2-3-5-9/h8-9H,2-7,12H2,1H3,(H2,13,15,16). The molecule has 100 valence electrons. The van der Waals surface area contributed by atoms with Crippen LogP contribution >= 0.6 is 0 Å². The number of nitrogens with zero attached hydrogens (tertiary/aromatic N) is 4. The number of aliphatic imine (C=N–C) groups is 1. The first kappa shape index (κ1) is 12.8. The van der Waals surface area contributed by atoms with E-state index in [0.29, 0.717) is 18.5 Å². The molecular formula is C11H21N7. The summed E-state index contributed by atoms with van der Waals surface area (Å²) >= 11 is 0. The van der Waals surface area contributed by atoms with Gasteiger partial charge in [0.05, 0.1) is 0 Å². The second-order valence-electron chi connectivity index (χ2n) is 4.58. The summed E-state index contributed by atoms with van der Waals surface area (Å²) in [6.45, 7) is 0.628. The van der Waals surface area contributed by atoms with E-state index < -0.39 is 0 Å². The van der Waals surface area contributed by atoms with Gasteiger partial charge in [-0.15, -0.1) is 0 Å². The van der Waals surface area contributed by atoms with Gasteiger partial charge in [-0.1, -0.05) is 12.8 Å². The summed E-state index contributed by atoms with van der Waals surface area (Å²) in [5.74, 6) is 6.92. The fourth-order valence-corrected chi connectivity index (χ4v) is 2.16. The molecule has 0 saturated heterocycles. The Morgan fingerprint density at radius 2 is 2.33 bits per heavy atom. The average molecular weight is 251 g/mol. The van der Waals surface area contributed by atoms with E-state index in [2.05, 4.69) is 25.8 Å². The van der Waals surface area contributed by atoms with Crippen LogP contribution < -0.4 is 16.6 Å². The highest BCUT2D eigenvalue weighted by molar-refractivity contribution is 5.79. The Bertz CT molecular complexity index is 392. The van der Waals surface area contributed by atoms with E-state index in [0.717, 1.165) is 12.2 Å². The molecule has 7 heteroatoms. The Morgan fingerprint density at radius 3 is 2.94 bits per heavy atom. The second kappa shape index (κ2) is 6.34. The summed E-state index contributed by atoms with van der Waals surface area (Å²) in [7, 11) is 1.86. The van der Waals surface area contributed by atoms with Gasteiger partial charge in [-0.2, -0.15) is 5.10 Å². The van der Waals surface area contributed by atoms with Crippen molar-refractivity contribution in [2.45, 2.75) is 38.1 Å². The molecule has 4 N–H and O–H groups in total. The van der Waals surface area contributed by atoms with Crippen molar-refractivity contribution >= 4 is 5.96 Å². The van der Waals surface area contributed by atoms with E-state index in [1.807, 2.05) is 7.05 Å². The number of aromatic nitrogens is 3. The molecule has 1 aromatic rings. The minimum Gasteiger partial charge on any atom is -0.353 e. The molecule has 0 atom stereocenters. The summed E-state index contributed by atoms with van der Waals surface area (Å²) in [4.78, 5) is 8.54. The Hall–Kier alpha value is -1.63. The molecule has 0 amide bonds. The van der Waals surface area contributed by atoms with Crippen LogP contribution in [0.25, 0.3) is 0 Å². The molecule has 0 spiro atoms. The van der Waals surface area contributed by atoms with Crippen LogP contribution in [0.15, 0.2) is 11.3 Å². The van der Waals surface area contributed by atoms with Gasteiger partial charge in [0.2, 0.25) is 5.96 Å². The number of nitrogens with two attached hydrogens (primary N) is 1. The van der Waals surface area contributed by atoms with Gasteiger partial charge >= 0.3 is 0 Å². The summed E-state index contributed by atoms with van der Waals surface area (Å²) in [6, 6.07) is 0.507. The summed E-state index contributed by atoms with van der Waals surface area (Å²) < 4.78 is 1.69. The summed E-state index contributed by atoms with van der Waals surface area (Å²) in [5.41, 5.74) is 2.61. The van der Waals surface area contributed by atoms with Crippen LogP contribution in [0.5, 0.6) is 0 Å². The molecule has 7 nitrogen and oxygen atoms in total. The fraction of sp³-hybridized carbons (Fsp3) is 0.727. The number of guanidine groups is 1. The van der Waals surface area contributed by atoms with E-state index in [1.165, 1.54) is 25.7 Å². The summed E-state index contributed by atoms with van der Waals surface area (Å²) in [5, 5.41) is 7.53. The highest BCUT2D eigenvalue weighted by Crippen LogP contribution is 2.17. The van der Waals surface area contributed by atoms with Gasteiger partial charge in [0.1, 0.15) is 6.33 Å². The van der Waals surface area contributed by atoms with E-state index in [1.54, 1.807) is 11.0 Å². The van der Waals surface area contributed by atoms with Crippen molar-refractivity contribution < 1.29 is 0 Å². The van der Waals surface area contributed by atoms with Gasteiger partial charge in [0.25, 0.3) is 0 Å². The normalized spacial score (nSPS) is 17.1. The molecule has 0 aromatic carbocycles. The molecule has 0 unspecified atom stereocenters. The van der Waals surface area contributed by atoms with E-state index >= 15 is 0 Å². The smallest absolute Gasteiger partial charge is 0.205 e. The molecule has 2 rings (SSSR count). The Kier molecular flexibility index (Phi) is 4.52. The zero-order chi connectivity index (χ0) is 12.8. The van der Waals surface area contributed by atoms with E-state index in [-0.39, 0.29) is 0 Å². The molecule has 18 heavy (non-hydrogen) atoms. The number of rotatable bonds is 4. The van der Waals surface area contributed by atoms with Crippen LogP contribution in [0.4, 0.5) is 0 Å². The van der Waals surface area contributed by atoms with Crippen LogP contribution in [0.2, 0.25) is 0 Å². The number of hydrazine groups is 1. The third-order valence-corrected chi connectivity index (χ3v) is 3.09. The first-order chi connectivity index (χ1) is 8.78. The molecule has 1 aliphatic carbocycles. The van der Waals surface area contributed by atoms with Crippen molar-refractivity contribution in [3.63, 3.8) is 0 Å². The average Bonchev–Trinajstić information content (AvgIpc) is 3.00. The minimum atomic E-state index is 0.507. The zero-order valence-corrected chi connectivity index (χ0v) is 10.8. The number of aryl methyl sites for hydroxylation is 1. The van der Waals surface area contributed by atoms with Crippen molar-refractivity contribution in [2.24, 2.45) is 17.9 Å². The third-order valence-electron chi connectivity index (χ3n) is 3.09. The highest BCUT2D eigenvalue weighted by Gasteiger charge is 2.15. The molecule has 1 aromatic heterocycles. The number of nitrogens with one attached hydrogen (secondary N) is 2. The van der Waals surface area contributed by atoms with Crippen LogP contribution in [0.3, 0.4) is 0 Å². The lowest BCUT2D eigenvalue weighted by Crippen LogP contribution is -2.45. The van der Waals surface area contributed by atoms with Crippen LogP contribution in [0.1, 0.15) is 31.5 Å². The van der Waals surface area contributed by atoms with Gasteiger partial charge in [-0.3, -0.25) is 15.1 Å². The molecule has 0 radical (unpaired) electrons. The zero-order valence-electron chi connectivity index (χ0n) is 10.8. The van der Waals surface area contributed by atoms with Gasteiger partial charge in [-0.25, -0.2) is 10.8 Å². The largest absolute Gasteiger partial charge is 0.353 e. The predicted octanol–water partition coefficient (Wildman–Crippen LogP) is -0.291. The Labute approximate surface area is 107 Å². The Morgan fingerprint density at radius 1 is 1.56 bits per heavy atom. The van der Waals surface area contributed by atoms with E-state index in [9.17, 15) is 0 Å². The maximum absolute atomic E-state index is 5.46. The predicted molar refractivity (Wildman–Crippen MR) is 69.7 cm³/mol. The number of hydrogen-bond donors (Lipinski definition) is 3. The maximum Gasteiger partial charge on any atom is 0.205 e. The lowest BCUT2D eigenvalue weighted by Gasteiger charge is -2.14. The first-order valence-electron chi connectivity index (χ1n) is 6.40. The SMILES string of the molecule is Cn1cnc(CCN=C(NN)NC2CCCC2)n1. The van der Waals surface area contributed by atoms with Crippen LogP contribution in [-0.2, 0) is 13.5 Å². The van der Waals surface area contributed by atoms with Crippen molar-refractivity contribution in [2.75, 3.05) is 6.54 Å².